The number of carboxylic acids is 1. The highest BCUT2D eigenvalue weighted by Gasteiger charge is 2.39. The molecule has 1 aromatic carbocycles. The van der Waals surface area contributed by atoms with Crippen LogP contribution in [0.1, 0.15) is 31.2 Å². The fourth-order valence-electron chi connectivity index (χ4n) is 3.76. The summed E-state index contributed by atoms with van der Waals surface area (Å²) in [7, 11) is 0. The van der Waals surface area contributed by atoms with Crippen molar-refractivity contribution < 1.29 is 19.5 Å². The van der Waals surface area contributed by atoms with Crippen LogP contribution >= 0.6 is 11.6 Å². The molecule has 2 unspecified atom stereocenters. The van der Waals surface area contributed by atoms with Crippen LogP contribution in [-0.2, 0) is 14.4 Å². The zero-order chi connectivity index (χ0) is 18.1. The highest BCUT2D eigenvalue weighted by Crippen LogP contribution is 2.42. The summed E-state index contributed by atoms with van der Waals surface area (Å²) in [5, 5.41) is 9.78. The average Bonchev–Trinajstić information content (AvgIpc) is 2.97. The molecule has 25 heavy (non-hydrogen) atoms. The van der Waals surface area contributed by atoms with Crippen molar-refractivity contribution in [2.24, 2.45) is 5.92 Å². The van der Waals surface area contributed by atoms with Crippen LogP contribution in [0.5, 0.6) is 0 Å². The number of ketones is 1. The largest absolute Gasteiger partial charge is 0.481 e. The Balaban J connectivity index is 1.87. The van der Waals surface area contributed by atoms with E-state index in [9.17, 15) is 19.5 Å². The number of hydrogen-bond acceptors (Lipinski definition) is 4. The van der Waals surface area contributed by atoms with E-state index in [1.54, 1.807) is 24.0 Å². The number of rotatable bonds is 3. The summed E-state index contributed by atoms with van der Waals surface area (Å²) >= 11 is 6.44. The summed E-state index contributed by atoms with van der Waals surface area (Å²) in [4.78, 5) is 39.0. The molecule has 2 atom stereocenters. The molecule has 0 radical (unpaired) electrons. The van der Waals surface area contributed by atoms with Gasteiger partial charge in [0.05, 0.1) is 16.6 Å². The van der Waals surface area contributed by atoms with Gasteiger partial charge in [0, 0.05) is 45.4 Å². The molecular formula is C18H21ClN2O4. The van der Waals surface area contributed by atoms with E-state index in [-0.39, 0.29) is 18.1 Å². The van der Waals surface area contributed by atoms with Gasteiger partial charge in [-0.05, 0) is 18.1 Å². The smallest absolute Gasteiger partial charge is 0.306 e. The lowest BCUT2D eigenvalue weighted by molar-refractivity contribution is -0.142. The van der Waals surface area contributed by atoms with E-state index in [0.717, 1.165) is 11.3 Å². The molecule has 1 aliphatic heterocycles. The lowest BCUT2D eigenvalue weighted by Gasteiger charge is -2.37. The Morgan fingerprint density at radius 2 is 1.88 bits per heavy atom. The molecule has 1 saturated carbocycles. The second-order valence-corrected chi connectivity index (χ2v) is 7.07. The summed E-state index contributed by atoms with van der Waals surface area (Å²) in [5.41, 5.74) is 1.61. The van der Waals surface area contributed by atoms with E-state index < -0.39 is 17.8 Å². The Morgan fingerprint density at radius 3 is 2.44 bits per heavy atom. The van der Waals surface area contributed by atoms with Gasteiger partial charge in [0.15, 0.2) is 0 Å². The first-order valence-corrected chi connectivity index (χ1v) is 8.80. The molecule has 0 aromatic heterocycles. The number of amides is 1. The maximum absolute atomic E-state index is 12.4. The number of benzene rings is 1. The lowest BCUT2D eigenvalue weighted by Crippen LogP contribution is -2.48. The number of aliphatic carboxylic acids is 1. The summed E-state index contributed by atoms with van der Waals surface area (Å²) in [5.74, 6) is -1.97. The van der Waals surface area contributed by atoms with Crippen molar-refractivity contribution in [2.45, 2.75) is 25.7 Å². The maximum Gasteiger partial charge on any atom is 0.306 e. The molecule has 7 heteroatoms. The molecule has 3 rings (SSSR count). The van der Waals surface area contributed by atoms with Crippen LogP contribution in [0, 0.1) is 5.92 Å². The Kier molecular flexibility index (Phi) is 4.99. The van der Waals surface area contributed by atoms with Crippen molar-refractivity contribution in [1.82, 2.24) is 4.90 Å². The molecule has 0 bridgehead atoms. The predicted octanol–water partition coefficient (Wildman–Crippen LogP) is 2.16. The number of halogens is 1. The number of carbonyl (C=O) groups is 3. The van der Waals surface area contributed by atoms with E-state index >= 15 is 0 Å². The third-order valence-corrected chi connectivity index (χ3v) is 5.45. The summed E-state index contributed by atoms with van der Waals surface area (Å²) in [6.45, 7) is 4.05. The minimum Gasteiger partial charge on any atom is -0.481 e. The van der Waals surface area contributed by atoms with E-state index in [0.29, 0.717) is 37.6 Å². The number of anilines is 1. The van der Waals surface area contributed by atoms with Gasteiger partial charge in [-0.25, -0.2) is 0 Å². The van der Waals surface area contributed by atoms with Crippen LogP contribution < -0.4 is 4.90 Å². The lowest BCUT2D eigenvalue weighted by atomic mass is 9.93. The Bertz CT molecular complexity index is 713. The van der Waals surface area contributed by atoms with Crippen LogP contribution in [0.4, 0.5) is 5.69 Å². The maximum atomic E-state index is 12.4. The summed E-state index contributed by atoms with van der Waals surface area (Å²) in [6, 6.07) is 5.45. The zero-order valence-corrected chi connectivity index (χ0v) is 14.8. The molecule has 134 valence electrons. The van der Waals surface area contributed by atoms with E-state index in [4.69, 9.17) is 11.6 Å². The van der Waals surface area contributed by atoms with Gasteiger partial charge in [-0.2, -0.15) is 0 Å². The van der Waals surface area contributed by atoms with E-state index in [1.165, 1.54) is 0 Å². The van der Waals surface area contributed by atoms with Gasteiger partial charge < -0.3 is 14.9 Å². The van der Waals surface area contributed by atoms with Gasteiger partial charge in [-0.1, -0.05) is 23.7 Å². The van der Waals surface area contributed by atoms with Crippen LogP contribution in [-0.4, -0.2) is 53.8 Å². The van der Waals surface area contributed by atoms with E-state index in [2.05, 4.69) is 4.90 Å². The van der Waals surface area contributed by atoms with Gasteiger partial charge in [0.25, 0.3) is 0 Å². The molecule has 1 N–H and O–H groups in total. The molecule has 6 nitrogen and oxygen atoms in total. The second-order valence-electron chi connectivity index (χ2n) is 6.66. The number of nitrogens with zero attached hydrogens (tertiary/aromatic N) is 2. The van der Waals surface area contributed by atoms with Crippen molar-refractivity contribution in [3.8, 4) is 0 Å². The van der Waals surface area contributed by atoms with Gasteiger partial charge in [-0.3, -0.25) is 14.4 Å². The standard InChI is InChI=1S/C18H21ClN2O4/c1-11(22)20-5-7-21(8-6-20)17-13(3-2-4-15(17)19)14-9-12(18(24)25)10-16(14)23/h2-4,12,14H,5-10H2,1H3,(H,24,25). The van der Waals surface area contributed by atoms with Gasteiger partial charge >= 0.3 is 5.97 Å². The monoisotopic (exact) mass is 364 g/mol. The second kappa shape index (κ2) is 7.04. The highest BCUT2D eigenvalue weighted by atomic mass is 35.5. The predicted molar refractivity (Wildman–Crippen MR) is 94.0 cm³/mol. The van der Waals surface area contributed by atoms with Crippen LogP contribution in [0.15, 0.2) is 18.2 Å². The normalized spacial score (nSPS) is 23.8. The third-order valence-electron chi connectivity index (χ3n) is 5.14. The van der Waals surface area contributed by atoms with Gasteiger partial charge in [0.1, 0.15) is 5.78 Å². The van der Waals surface area contributed by atoms with Crippen LogP contribution in [0.2, 0.25) is 5.02 Å². The molecule has 2 fully saturated rings. The Morgan fingerprint density at radius 1 is 1.20 bits per heavy atom. The SMILES string of the molecule is CC(=O)N1CCN(c2c(Cl)cccc2C2CC(C(=O)O)CC2=O)CC1. The van der Waals surface area contributed by atoms with E-state index in [1.807, 2.05) is 6.07 Å². The first kappa shape index (κ1) is 17.7. The van der Waals surface area contributed by atoms with Crippen molar-refractivity contribution in [1.29, 1.82) is 0 Å². The fourth-order valence-corrected chi connectivity index (χ4v) is 4.07. The van der Waals surface area contributed by atoms with Crippen molar-refractivity contribution in [3.63, 3.8) is 0 Å². The Hall–Kier alpha value is -2.08. The molecule has 1 aliphatic carbocycles. The molecule has 1 saturated heterocycles. The van der Waals surface area contributed by atoms with Crippen LogP contribution in [0.3, 0.4) is 0 Å². The summed E-state index contributed by atoms with van der Waals surface area (Å²) < 4.78 is 0. The zero-order valence-electron chi connectivity index (χ0n) is 14.1. The minimum atomic E-state index is -0.922. The quantitative estimate of drug-likeness (QED) is 0.889. The highest BCUT2D eigenvalue weighted by molar-refractivity contribution is 6.33. The van der Waals surface area contributed by atoms with Crippen LogP contribution in [0.25, 0.3) is 0 Å². The number of carbonyl (C=O) groups excluding carboxylic acids is 2. The molecule has 1 aromatic rings. The third kappa shape index (κ3) is 3.49. The Labute approximate surface area is 151 Å². The fraction of sp³-hybridized carbons (Fsp3) is 0.500. The minimum absolute atomic E-state index is 0.0433. The molecular weight excluding hydrogens is 344 g/mol. The van der Waals surface area contributed by atoms with Crippen molar-refractivity contribution in [2.75, 3.05) is 31.1 Å². The molecule has 1 amide bonds. The molecule has 2 aliphatic rings. The molecule has 0 spiro atoms. The van der Waals surface area contributed by atoms with Crippen molar-refractivity contribution >= 4 is 34.9 Å². The van der Waals surface area contributed by atoms with Crippen molar-refractivity contribution in [3.05, 3.63) is 28.8 Å². The number of carboxylic acid groups (broad SMARTS) is 1. The first-order valence-electron chi connectivity index (χ1n) is 8.43. The number of piperazine rings is 1. The van der Waals surface area contributed by atoms with Gasteiger partial charge in [0.2, 0.25) is 5.91 Å². The first-order chi connectivity index (χ1) is 11.9. The molecule has 1 heterocycles. The number of hydrogen-bond donors (Lipinski definition) is 1. The topological polar surface area (TPSA) is 77.9 Å². The average molecular weight is 365 g/mol. The number of Topliss-reactive ketones (excluding diaryl/α,β-unsaturated/α-hetero) is 1. The summed E-state index contributed by atoms with van der Waals surface area (Å²) in [6.07, 6.45) is 0.388. The number of para-hydroxylation sites is 1. The van der Waals surface area contributed by atoms with Gasteiger partial charge in [-0.15, -0.1) is 0 Å².